The molecule has 0 saturated carbocycles. The Bertz CT molecular complexity index is 802. The molecule has 2 aromatic rings. The molecule has 0 bridgehead atoms. The molecule has 0 amide bonds. The van der Waals surface area contributed by atoms with E-state index in [1.165, 1.54) is 0 Å². The SMILES string of the molecule is Cc1cc(-c2ccnc(Cl)c2)ccc1[C@@H](O)[C@H]1OC(CO)[C@@H](O)C(O)C1O. The van der Waals surface area contributed by atoms with Gasteiger partial charge in [0, 0.05) is 6.20 Å². The Morgan fingerprint density at radius 1 is 1.07 bits per heavy atom. The van der Waals surface area contributed by atoms with Gasteiger partial charge in [-0.1, -0.05) is 29.8 Å². The zero-order valence-corrected chi connectivity index (χ0v) is 15.4. The van der Waals surface area contributed by atoms with Crippen LogP contribution >= 0.6 is 11.6 Å². The summed E-state index contributed by atoms with van der Waals surface area (Å²) in [5, 5.41) is 50.4. The van der Waals surface area contributed by atoms with Crippen molar-refractivity contribution in [2.45, 2.75) is 43.5 Å². The molecule has 1 fully saturated rings. The van der Waals surface area contributed by atoms with Crippen molar-refractivity contribution >= 4 is 11.6 Å². The van der Waals surface area contributed by atoms with Gasteiger partial charge in [0.15, 0.2) is 0 Å². The maximum atomic E-state index is 10.7. The molecule has 0 spiro atoms. The Morgan fingerprint density at radius 2 is 1.78 bits per heavy atom. The molecule has 0 radical (unpaired) electrons. The standard InChI is InChI=1S/C19H22ClNO6/c1-9-6-10(11-4-5-21-14(20)7-11)2-3-12(9)15(23)19-18(26)17(25)16(24)13(8-22)27-19/h2-7,13,15-19,22-26H,8H2,1H3/t13?,15-,16-,17?,18?,19-/m1/s1. The van der Waals surface area contributed by atoms with Crippen molar-refractivity contribution in [2.24, 2.45) is 0 Å². The van der Waals surface area contributed by atoms with Gasteiger partial charge >= 0.3 is 0 Å². The highest BCUT2D eigenvalue weighted by Gasteiger charge is 2.46. The third-order valence-electron chi connectivity index (χ3n) is 4.89. The van der Waals surface area contributed by atoms with Gasteiger partial charge in [-0.25, -0.2) is 4.98 Å². The van der Waals surface area contributed by atoms with Crippen molar-refractivity contribution < 1.29 is 30.3 Å². The molecule has 1 aliphatic heterocycles. The van der Waals surface area contributed by atoms with Gasteiger partial charge in [-0.3, -0.25) is 0 Å². The molecule has 27 heavy (non-hydrogen) atoms. The Balaban J connectivity index is 1.87. The largest absolute Gasteiger partial charge is 0.394 e. The number of aromatic nitrogens is 1. The first-order valence-electron chi connectivity index (χ1n) is 8.54. The fourth-order valence-electron chi connectivity index (χ4n) is 3.34. The van der Waals surface area contributed by atoms with Crippen LogP contribution in [0.1, 0.15) is 17.2 Å². The first-order chi connectivity index (χ1) is 12.8. The van der Waals surface area contributed by atoms with Gasteiger partial charge in [0.05, 0.1) is 6.61 Å². The molecule has 1 aliphatic rings. The molecule has 7 nitrogen and oxygen atoms in total. The fraction of sp³-hybridized carbons (Fsp3) is 0.421. The molecular formula is C19H22ClNO6. The number of aryl methyl sites for hydroxylation is 1. The Morgan fingerprint density at radius 3 is 2.41 bits per heavy atom. The van der Waals surface area contributed by atoms with E-state index < -0.39 is 43.2 Å². The smallest absolute Gasteiger partial charge is 0.129 e. The van der Waals surface area contributed by atoms with Crippen LogP contribution in [0, 0.1) is 6.92 Å². The second-order valence-corrected chi connectivity index (χ2v) is 7.06. The molecule has 0 aliphatic carbocycles. The van der Waals surface area contributed by atoms with Crippen LogP contribution in [0.4, 0.5) is 0 Å². The molecule has 3 rings (SSSR count). The van der Waals surface area contributed by atoms with E-state index in [1.807, 2.05) is 12.1 Å². The first kappa shape index (κ1) is 20.2. The normalized spacial score (nSPS) is 29.5. The van der Waals surface area contributed by atoms with Gasteiger partial charge in [-0.15, -0.1) is 0 Å². The van der Waals surface area contributed by atoms with Crippen LogP contribution in [-0.2, 0) is 4.74 Å². The van der Waals surface area contributed by atoms with Crippen LogP contribution in [0.25, 0.3) is 11.1 Å². The third kappa shape index (κ3) is 4.00. The zero-order chi connectivity index (χ0) is 19.7. The molecule has 1 saturated heterocycles. The van der Waals surface area contributed by atoms with Crippen LogP contribution in [0.3, 0.4) is 0 Å². The van der Waals surface area contributed by atoms with Gasteiger partial charge in [-0.05, 0) is 41.3 Å². The molecule has 1 aromatic carbocycles. The zero-order valence-electron chi connectivity index (χ0n) is 14.6. The Hall–Kier alpha value is -1.58. The molecule has 1 aromatic heterocycles. The number of pyridine rings is 1. The summed E-state index contributed by atoms with van der Waals surface area (Å²) in [5.41, 5.74) is 2.99. The summed E-state index contributed by atoms with van der Waals surface area (Å²) >= 11 is 5.93. The monoisotopic (exact) mass is 395 g/mol. The van der Waals surface area contributed by atoms with E-state index in [0.717, 1.165) is 16.7 Å². The lowest BCUT2D eigenvalue weighted by molar-refractivity contribution is -0.250. The number of benzene rings is 1. The van der Waals surface area contributed by atoms with Crippen molar-refractivity contribution in [3.8, 4) is 11.1 Å². The molecule has 5 N–H and O–H groups in total. The Kier molecular flexibility index (Phi) is 6.12. The van der Waals surface area contributed by atoms with Crippen molar-refractivity contribution in [1.82, 2.24) is 4.98 Å². The second-order valence-electron chi connectivity index (χ2n) is 6.68. The minimum atomic E-state index is -1.53. The van der Waals surface area contributed by atoms with Gasteiger partial charge in [0.2, 0.25) is 0 Å². The summed E-state index contributed by atoms with van der Waals surface area (Å²) in [6, 6.07) is 8.89. The lowest BCUT2D eigenvalue weighted by Gasteiger charge is -2.42. The van der Waals surface area contributed by atoms with E-state index in [2.05, 4.69) is 4.98 Å². The molecule has 3 unspecified atom stereocenters. The summed E-state index contributed by atoms with van der Waals surface area (Å²) in [4.78, 5) is 3.95. The average molecular weight is 396 g/mol. The number of hydrogen-bond donors (Lipinski definition) is 5. The highest BCUT2D eigenvalue weighted by molar-refractivity contribution is 6.29. The second kappa shape index (κ2) is 8.20. The highest BCUT2D eigenvalue weighted by Crippen LogP contribution is 2.33. The lowest BCUT2D eigenvalue weighted by atomic mass is 9.88. The van der Waals surface area contributed by atoms with Crippen molar-refractivity contribution in [2.75, 3.05) is 6.61 Å². The number of aliphatic hydroxyl groups excluding tert-OH is 5. The van der Waals surface area contributed by atoms with Crippen molar-refractivity contribution in [1.29, 1.82) is 0 Å². The third-order valence-corrected chi connectivity index (χ3v) is 5.10. The number of halogens is 1. The van der Waals surface area contributed by atoms with Gasteiger partial charge in [-0.2, -0.15) is 0 Å². The first-order valence-corrected chi connectivity index (χ1v) is 8.92. The van der Waals surface area contributed by atoms with E-state index >= 15 is 0 Å². The summed E-state index contributed by atoms with van der Waals surface area (Å²) < 4.78 is 5.45. The lowest BCUT2D eigenvalue weighted by Crippen LogP contribution is -2.59. The minimum absolute atomic E-state index is 0.371. The topological polar surface area (TPSA) is 123 Å². The maximum absolute atomic E-state index is 10.7. The predicted octanol–water partition coefficient (Wildman–Crippen LogP) is 0.586. The van der Waals surface area contributed by atoms with E-state index in [-0.39, 0.29) is 0 Å². The molecule has 6 atom stereocenters. The van der Waals surface area contributed by atoms with Crippen LogP contribution in [0.2, 0.25) is 5.15 Å². The van der Waals surface area contributed by atoms with Gasteiger partial charge < -0.3 is 30.3 Å². The molecule has 8 heteroatoms. The van der Waals surface area contributed by atoms with Gasteiger partial charge in [0.1, 0.15) is 41.8 Å². The molecular weight excluding hydrogens is 374 g/mol. The highest BCUT2D eigenvalue weighted by atomic mass is 35.5. The van der Waals surface area contributed by atoms with Crippen LogP contribution in [0.5, 0.6) is 0 Å². The van der Waals surface area contributed by atoms with E-state index in [4.69, 9.17) is 16.3 Å². The van der Waals surface area contributed by atoms with Crippen molar-refractivity contribution in [3.63, 3.8) is 0 Å². The van der Waals surface area contributed by atoms with E-state index in [0.29, 0.717) is 10.7 Å². The summed E-state index contributed by atoms with van der Waals surface area (Å²) in [5.74, 6) is 0. The molecule has 146 valence electrons. The number of nitrogens with zero attached hydrogens (tertiary/aromatic N) is 1. The predicted molar refractivity (Wildman–Crippen MR) is 98.1 cm³/mol. The Labute approximate surface area is 161 Å². The fourth-order valence-corrected chi connectivity index (χ4v) is 3.51. The summed E-state index contributed by atoms with van der Waals surface area (Å²) in [6.45, 7) is 1.25. The number of rotatable bonds is 4. The van der Waals surface area contributed by atoms with Gasteiger partial charge in [0.25, 0.3) is 0 Å². The number of aliphatic hydroxyl groups is 5. The van der Waals surface area contributed by atoms with E-state index in [1.54, 1.807) is 31.3 Å². The number of ether oxygens (including phenoxy) is 1. The quantitative estimate of drug-likeness (QED) is 0.480. The van der Waals surface area contributed by atoms with Crippen LogP contribution < -0.4 is 0 Å². The summed E-state index contributed by atoms with van der Waals surface area (Å²) in [7, 11) is 0. The van der Waals surface area contributed by atoms with Crippen LogP contribution in [0.15, 0.2) is 36.5 Å². The molecule has 2 heterocycles. The number of hydrogen-bond acceptors (Lipinski definition) is 7. The van der Waals surface area contributed by atoms with Crippen LogP contribution in [-0.4, -0.2) is 67.6 Å². The minimum Gasteiger partial charge on any atom is -0.394 e. The average Bonchev–Trinajstić information content (AvgIpc) is 2.66. The maximum Gasteiger partial charge on any atom is 0.129 e. The summed E-state index contributed by atoms with van der Waals surface area (Å²) in [6.07, 6.45) is -6.42. The van der Waals surface area contributed by atoms with Crippen molar-refractivity contribution in [3.05, 3.63) is 52.8 Å². The van der Waals surface area contributed by atoms with E-state index in [9.17, 15) is 25.5 Å².